The maximum atomic E-state index is 12.5. The first-order valence-corrected chi connectivity index (χ1v) is 10.1. The number of likely N-dealkylation sites (N-methyl/N-ethyl adjacent to an activating group) is 1. The van der Waals surface area contributed by atoms with Crippen LogP contribution in [0.2, 0.25) is 0 Å². The zero-order chi connectivity index (χ0) is 20.3. The minimum absolute atomic E-state index is 0.304. The Morgan fingerprint density at radius 3 is 2.71 bits per heavy atom. The zero-order valence-corrected chi connectivity index (χ0v) is 16.9. The van der Waals surface area contributed by atoms with Crippen molar-refractivity contribution >= 4 is 34.8 Å². The Morgan fingerprint density at radius 2 is 2.04 bits per heavy atom. The number of esters is 1. The number of hydrogen-bond acceptors (Lipinski definition) is 7. The minimum Gasteiger partial charge on any atom is -0.465 e. The summed E-state index contributed by atoms with van der Waals surface area (Å²) in [5.41, 5.74) is 1.13. The number of aliphatic imine (C=N–C) groups is 1. The number of rotatable bonds is 6. The third-order valence-electron chi connectivity index (χ3n) is 4.71. The van der Waals surface area contributed by atoms with Crippen molar-refractivity contribution in [3.05, 3.63) is 35.9 Å². The van der Waals surface area contributed by atoms with Gasteiger partial charge in [-0.1, -0.05) is 42.1 Å². The molecule has 3 atom stereocenters. The predicted octanol–water partition coefficient (Wildman–Crippen LogP) is 1.46. The maximum Gasteiger partial charge on any atom is 0.325 e. The zero-order valence-electron chi connectivity index (χ0n) is 16.1. The van der Waals surface area contributed by atoms with Crippen molar-refractivity contribution in [2.45, 2.75) is 37.7 Å². The molecule has 2 heterocycles. The van der Waals surface area contributed by atoms with Crippen LogP contribution < -0.4 is 5.32 Å². The highest BCUT2D eigenvalue weighted by atomic mass is 32.2. The van der Waals surface area contributed by atoms with Crippen LogP contribution >= 0.6 is 11.8 Å². The SMILES string of the molecule is CCOC(=O)C(C)SC1=NC2C(C(=O)NC(=O)N2C)N1CCc1ccccc1. The highest BCUT2D eigenvalue weighted by molar-refractivity contribution is 8.14. The molecule has 1 aromatic carbocycles. The van der Waals surface area contributed by atoms with E-state index >= 15 is 0 Å². The smallest absolute Gasteiger partial charge is 0.325 e. The third kappa shape index (κ3) is 4.14. The topological polar surface area (TPSA) is 91.3 Å². The molecule has 0 radical (unpaired) electrons. The number of amidine groups is 1. The van der Waals surface area contributed by atoms with E-state index in [-0.39, 0.29) is 11.9 Å². The van der Waals surface area contributed by atoms with E-state index in [1.807, 2.05) is 35.2 Å². The molecular weight excluding hydrogens is 380 g/mol. The number of benzene rings is 1. The van der Waals surface area contributed by atoms with Gasteiger partial charge < -0.3 is 14.5 Å². The summed E-state index contributed by atoms with van der Waals surface area (Å²) in [6, 6.07) is 8.85. The van der Waals surface area contributed by atoms with Crippen LogP contribution in [0.15, 0.2) is 35.3 Å². The van der Waals surface area contributed by atoms with E-state index in [0.29, 0.717) is 24.7 Å². The lowest BCUT2D eigenvalue weighted by Gasteiger charge is -2.36. The van der Waals surface area contributed by atoms with Gasteiger partial charge >= 0.3 is 12.0 Å². The summed E-state index contributed by atoms with van der Waals surface area (Å²) >= 11 is 1.25. The summed E-state index contributed by atoms with van der Waals surface area (Å²) in [4.78, 5) is 44.5. The Hall–Kier alpha value is -2.55. The van der Waals surface area contributed by atoms with Gasteiger partial charge in [0.15, 0.2) is 17.4 Å². The van der Waals surface area contributed by atoms with Crippen molar-refractivity contribution in [1.82, 2.24) is 15.1 Å². The second-order valence-corrected chi connectivity index (χ2v) is 7.92. The Balaban J connectivity index is 1.81. The largest absolute Gasteiger partial charge is 0.465 e. The lowest BCUT2D eigenvalue weighted by molar-refractivity contribution is -0.142. The number of amides is 3. The number of nitrogens with one attached hydrogen (secondary N) is 1. The van der Waals surface area contributed by atoms with E-state index in [0.717, 1.165) is 5.56 Å². The van der Waals surface area contributed by atoms with Gasteiger partial charge in [-0.2, -0.15) is 0 Å². The van der Waals surface area contributed by atoms with Crippen molar-refractivity contribution < 1.29 is 19.1 Å². The van der Waals surface area contributed by atoms with Crippen molar-refractivity contribution in [3.63, 3.8) is 0 Å². The van der Waals surface area contributed by atoms with Crippen molar-refractivity contribution in [2.24, 2.45) is 4.99 Å². The number of fused-ring (bicyclic) bond motifs is 1. The monoisotopic (exact) mass is 404 g/mol. The third-order valence-corrected chi connectivity index (χ3v) is 5.80. The van der Waals surface area contributed by atoms with E-state index in [2.05, 4.69) is 10.3 Å². The molecule has 3 rings (SSSR count). The average Bonchev–Trinajstić information content (AvgIpc) is 3.04. The normalized spacial score (nSPS) is 22.5. The van der Waals surface area contributed by atoms with Gasteiger partial charge in [0, 0.05) is 13.6 Å². The summed E-state index contributed by atoms with van der Waals surface area (Å²) in [6.07, 6.45) is 0.108. The molecule has 1 aromatic rings. The van der Waals surface area contributed by atoms with Gasteiger partial charge in [0.1, 0.15) is 5.25 Å². The molecule has 8 nitrogen and oxygen atoms in total. The number of carbonyl (C=O) groups is 3. The average molecular weight is 404 g/mol. The molecule has 3 unspecified atom stereocenters. The molecular formula is C19H24N4O4S. The van der Waals surface area contributed by atoms with Gasteiger partial charge in [0.25, 0.3) is 5.91 Å². The number of nitrogens with zero attached hydrogens (tertiary/aromatic N) is 3. The van der Waals surface area contributed by atoms with Crippen LogP contribution in [0.3, 0.4) is 0 Å². The van der Waals surface area contributed by atoms with Crippen molar-refractivity contribution in [3.8, 4) is 0 Å². The van der Waals surface area contributed by atoms with E-state index in [4.69, 9.17) is 4.74 Å². The van der Waals surface area contributed by atoms with Gasteiger partial charge in [-0.25, -0.2) is 9.79 Å². The molecule has 0 aliphatic carbocycles. The fourth-order valence-corrected chi connectivity index (χ4v) is 4.18. The van der Waals surface area contributed by atoms with Crippen LogP contribution in [-0.2, 0) is 20.7 Å². The first kappa shape index (κ1) is 20.2. The Labute approximate surface area is 168 Å². The van der Waals surface area contributed by atoms with Gasteiger partial charge in [-0.3, -0.25) is 14.9 Å². The van der Waals surface area contributed by atoms with Gasteiger partial charge in [-0.05, 0) is 25.8 Å². The maximum absolute atomic E-state index is 12.5. The fraction of sp³-hybridized carbons (Fsp3) is 0.474. The van der Waals surface area contributed by atoms with Gasteiger partial charge in [0.05, 0.1) is 6.61 Å². The van der Waals surface area contributed by atoms with Crippen molar-refractivity contribution in [2.75, 3.05) is 20.2 Å². The molecule has 2 aliphatic rings. The molecule has 1 saturated heterocycles. The Kier molecular flexibility index (Phi) is 6.23. The number of urea groups is 1. The Bertz CT molecular complexity index is 785. The lowest BCUT2D eigenvalue weighted by Crippen LogP contribution is -2.63. The highest BCUT2D eigenvalue weighted by Crippen LogP contribution is 2.30. The number of thioether (sulfide) groups is 1. The molecule has 1 fully saturated rings. The molecule has 3 amide bonds. The molecule has 1 N–H and O–H groups in total. The molecule has 0 saturated carbocycles. The van der Waals surface area contributed by atoms with Crippen LogP contribution in [0, 0.1) is 0 Å². The standard InChI is InChI=1S/C19H24N4O4S/c1-4-27-17(25)12(2)28-19-20-15-14(16(24)21-18(26)22(15)3)23(19)11-10-13-8-6-5-7-9-13/h5-9,12,14-15H,4,10-11H2,1-3H3,(H,21,24,26). The molecule has 0 aromatic heterocycles. The second kappa shape index (κ2) is 8.64. The molecule has 2 aliphatic heterocycles. The second-order valence-electron chi connectivity index (χ2n) is 6.62. The number of carbonyl (C=O) groups excluding carboxylic acids is 3. The summed E-state index contributed by atoms with van der Waals surface area (Å²) in [5, 5.41) is 2.48. The van der Waals surface area contributed by atoms with Crippen LogP contribution in [0.4, 0.5) is 4.79 Å². The van der Waals surface area contributed by atoms with E-state index < -0.39 is 23.5 Å². The van der Waals surface area contributed by atoms with Crippen LogP contribution in [-0.4, -0.2) is 70.5 Å². The van der Waals surface area contributed by atoms with E-state index in [1.54, 1.807) is 20.9 Å². The van der Waals surface area contributed by atoms with Crippen LogP contribution in [0.25, 0.3) is 0 Å². The Morgan fingerprint density at radius 1 is 1.32 bits per heavy atom. The summed E-state index contributed by atoms with van der Waals surface area (Å²) in [5.74, 6) is -0.703. The number of ether oxygens (including phenoxy) is 1. The van der Waals surface area contributed by atoms with Gasteiger partial charge in [-0.15, -0.1) is 0 Å². The first-order valence-electron chi connectivity index (χ1n) is 9.21. The number of imide groups is 1. The minimum atomic E-state index is -0.608. The lowest BCUT2D eigenvalue weighted by atomic mass is 10.1. The molecule has 28 heavy (non-hydrogen) atoms. The van der Waals surface area contributed by atoms with Crippen LogP contribution in [0.5, 0.6) is 0 Å². The molecule has 0 bridgehead atoms. The van der Waals surface area contributed by atoms with Crippen molar-refractivity contribution in [1.29, 1.82) is 0 Å². The summed E-state index contributed by atoms with van der Waals surface area (Å²) < 4.78 is 5.08. The first-order chi connectivity index (χ1) is 13.4. The summed E-state index contributed by atoms with van der Waals surface area (Å²) in [7, 11) is 1.61. The van der Waals surface area contributed by atoms with E-state index in [1.165, 1.54) is 16.7 Å². The van der Waals surface area contributed by atoms with Crippen LogP contribution in [0.1, 0.15) is 19.4 Å². The van der Waals surface area contributed by atoms with E-state index in [9.17, 15) is 14.4 Å². The van der Waals surface area contributed by atoms with Gasteiger partial charge in [0.2, 0.25) is 0 Å². The highest BCUT2D eigenvalue weighted by Gasteiger charge is 2.48. The number of hydrogen-bond donors (Lipinski definition) is 1. The predicted molar refractivity (Wildman–Crippen MR) is 107 cm³/mol. The molecule has 150 valence electrons. The molecule has 9 heteroatoms. The molecule has 0 spiro atoms. The quantitative estimate of drug-likeness (QED) is 0.722. The summed E-state index contributed by atoms with van der Waals surface area (Å²) in [6.45, 7) is 4.35. The fourth-order valence-electron chi connectivity index (χ4n) is 3.19.